The van der Waals surface area contributed by atoms with Crippen LogP contribution in [-0.2, 0) is 23.3 Å². The van der Waals surface area contributed by atoms with Crippen LogP contribution in [0.1, 0.15) is 5.56 Å². The van der Waals surface area contributed by atoms with E-state index in [0.717, 1.165) is 0 Å². The second kappa shape index (κ2) is 14.2. The summed E-state index contributed by atoms with van der Waals surface area (Å²) in [6, 6.07) is 45.5. The standard InChI is InChI=1S/C20H15.C13H9.C2H6Si.2ClH.Zr/c1-14-10-11-19(20-9-5-4-8-18(14)20)17-12-15-6-2-3-7-16(15)13-17;1-3-7-12-10(5-1)9-11-6-2-4-8-13(11)12;1-3-2;;;/h2-13H,1H3;1-9H;1-2H3;2*1H;/q2*-1;;;;+2. The molecule has 7 rings (SSSR count). The molecule has 0 spiro atoms. The predicted molar refractivity (Wildman–Crippen MR) is 176 cm³/mol. The molecule has 0 aliphatic heterocycles. The molecular formula is C35H32Cl2SiZr. The van der Waals surface area contributed by atoms with E-state index in [4.69, 9.17) is 0 Å². The summed E-state index contributed by atoms with van der Waals surface area (Å²) in [6.07, 6.45) is 0. The van der Waals surface area contributed by atoms with Gasteiger partial charge in [0.05, 0.1) is 0 Å². The van der Waals surface area contributed by atoms with Crippen molar-refractivity contribution >= 4 is 73.3 Å². The van der Waals surface area contributed by atoms with E-state index in [0.29, 0.717) is 0 Å². The maximum atomic E-state index is 2.31. The Morgan fingerprint density at radius 3 is 1.56 bits per heavy atom. The van der Waals surface area contributed by atoms with Crippen LogP contribution in [0.5, 0.6) is 0 Å². The van der Waals surface area contributed by atoms with Gasteiger partial charge >= 0.3 is 41.9 Å². The van der Waals surface area contributed by atoms with Crippen molar-refractivity contribution in [3.63, 3.8) is 0 Å². The molecule has 0 radical (unpaired) electrons. The molecule has 0 bridgehead atoms. The summed E-state index contributed by atoms with van der Waals surface area (Å²) in [4.78, 5) is 0. The fourth-order valence-corrected chi connectivity index (χ4v) is 4.91. The molecule has 7 aromatic rings. The number of rotatable bonds is 1. The number of fused-ring (bicyclic) bond motifs is 5. The molecule has 0 saturated heterocycles. The average Bonchev–Trinajstić information content (AvgIpc) is 3.51. The molecule has 39 heavy (non-hydrogen) atoms. The van der Waals surface area contributed by atoms with Crippen molar-refractivity contribution in [3.8, 4) is 11.1 Å². The van der Waals surface area contributed by atoms with Crippen LogP contribution in [0, 0.1) is 6.92 Å². The quantitative estimate of drug-likeness (QED) is 0.123. The normalized spacial score (nSPS) is 10.2. The minimum absolute atomic E-state index is 0. The van der Waals surface area contributed by atoms with Crippen LogP contribution in [0.15, 0.2) is 127 Å². The molecule has 0 aromatic heterocycles. The van der Waals surface area contributed by atoms with Crippen LogP contribution in [0.3, 0.4) is 0 Å². The minimum Gasteiger partial charge on any atom is -0.147 e. The second-order valence-corrected chi connectivity index (χ2v) is 19.0. The first-order valence-corrected chi connectivity index (χ1v) is 18.9. The van der Waals surface area contributed by atoms with Crippen LogP contribution < -0.4 is 0 Å². The van der Waals surface area contributed by atoms with Crippen molar-refractivity contribution in [2.24, 2.45) is 0 Å². The van der Waals surface area contributed by atoms with Crippen molar-refractivity contribution in [1.82, 2.24) is 0 Å². The average molecular weight is 643 g/mol. The number of aryl methyl sites for hydroxylation is 1. The first-order chi connectivity index (χ1) is 18.0. The van der Waals surface area contributed by atoms with Crippen LogP contribution in [0.25, 0.3) is 54.2 Å². The van der Waals surface area contributed by atoms with Crippen LogP contribution >= 0.6 is 24.8 Å². The summed E-state index contributed by atoms with van der Waals surface area (Å²) < 4.78 is 0. The summed E-state index contributed by atoms with van der Waals surface area (Å²) in [7, 11) is 0. The zero-order valence-electron chi connectivity index (χ0n) is 22.4. The minimum atomic E-state index is 0. The maximum absolute atomic E-state index is 2.31. The van der Waals surface area contributed by atoms with Crippen molar-refractivity contribution in [2.45, 2.75) is 20.0 Å². The van der Waals surface area contributed by atoms with Gasteiger partial charge in [-0.3, -0.25) is 0 Å². The molecule has 0 heterocycles. The van der Waals surface area contributed by atoms with E-state index >= 15 is 0 Å². The molecule has 4 heteroatoms. The van der Waals surface area contributed by atoms with Crippen molar-refractivity contribution in [2.75, 3.05) is 0 Å². The smallest absolute Gasteiger partial charge is 0.0224 e. The molecule has 0 atom stereocenters. The summed E-state index contributed by atoms with van der Waals surface area (Å²) >= 11 is 1.74. The van der Waals surface area contributed by atoms with Gasteiger partial charge in [0.15, 0.2) is 0 Å². The van der Waals surface area contributed by atoms with Crippen LogP contribution in [-0.4, -0.2) is 5.43 Å². The number of hydrogen-bond donors (Lipinski definition) is 0. The Kier molecular flexibility index (Phi) is 11.3. The molecule has 194 valence electrons. The molecule has 0 unspecified atom stereocenters. The zero-order chi connectivity index (χ0) is 25.8. The first-order valence-electron chi connectivity index (χ1n) is 12.7. The van der Waals surface area contributed by atoms with E-state index < -0.39 is 0 Å². The van der Waals surface area contributed by atoms with Gasteiger partial charge in [0.1, 0.15) is 0 Å². The number of benzene rings is 5. The predicted octanol–water partition coefficient (Wildman–Crippen LogP) is 11.0. The van der Waals surface area contributed by atoms with Crippen molar-refractivity contribution in [1.29, 1.82) is 0 Å². The molecule has 0 saturated carbocycles. The van der Waals surface area contributed by atoms with Gasteiger partial charge < -0.3 is 0 Å². The van der Waals surface area contributed by atoms with E-state index in [-0.39, 0.29) is 30.2 Å². The third-order valence-electron chi connectivity index (χ3n) is 6.59. The monoisotopic (exact) mass is 640 g/mol. The molecule has 0 aliphatic rings. The molecule has 0 fully saturated rings. The molecule has 0 amide bonds. The van der Waals surface area contributed by atoms with Gasteiger partial charge in [0.2, 0.25) is 0 Å². The molecule has 0 N–H and O–H groups in total. The summed E-state index contributed by atoms with van der Waals surface area (Å²) in [5.74, 6) is 0. The number of hydrogen-bond acceptors (Lipinski definition) is 0. The molecular weight excluding hydrogens is 611 g/mol. The van der Waals surface area contributed by atoms with Gasteiger partial charge in [-0.2, -0.15) is 0 Å². The summed E-state index contributed by atoms with van der Waals surface area (Å²) in [5, 5.41) is 10.7. The Hall–Kier alpha value is -2.48. The van der Waals surface area contributed by atoms with Gasteiger partial charge in [-0.1, -0.05) is 96.6 Å². The van der Waals surface area contributed by atoms with Gasteiger partial charge in [0, 0.05) is 0 Å². The van der Waals surface area contributed by atoms with E-state index in [1.807, 2.05) is 0 Å². The van der Waals surface area contributed by atoms with Crippen molar-refractivity contribution < 1.29 is 23.3 Å². The summed E-state index contributed by atoms with van der Waals surface area (Å²) in [5.41, 5.74) is 4.17. The van der Waals surface area contributed by atoms with Gasteiger partial charge in [-0.25, -0.2) is 0 Å². The fraction of sp³-hybridized carbons (Fsp3) is 0.0857. The maximum Gasteiger partial charge on any atom is -0.0224 e. The molecule has 0 aliphatic carbocycles. The number of halogens is 2. The second-order valence-electron chi connectivity index (χ2n) is 9.67. The Morgan fingerprint density at radius 2 is 1.00 bits per heavy atom. The van der Waals surface area contributed by atoms with Crippen LogP contribution in [0.4, 0.5) is 0 Å². The fourth-order valence-electron chi connectivity index (χ4n) is 4.91. The largest absolute Gasteiger partial charge is 0.147 e. The van der Waals surface area contributed by atoms with E-state index in [9.17, 15) is 0 Å². The third-order valence-corrected chi connectivity index (χ3v) is 6.59. The SMILES string of the molecule is C[Si](C)=[Zr+2].Cc1ccc(-c2cc3ccccc3[cH-]2)c2ccccc12.Cl.Cl.c1ccc2c(c1)[cH-]c1ccccc12. The van der Waals surface area contributed by atoms with Gasteiger partial charge in [0.25, 0.3) is 0 Å². The van der Waals surface area contributed by atoms with E-state index in [1.165, 1.54) is 59.8 Å². The Morgan fingerprint density at radius 1 is 0.538 bits per heavy atom. The van der Waals surface area contributed by atoms with Crippen LogP contribution in [0.2, 0.25) is 13.1 Å². The van der Waals surface area contributed by atoms with E-state index in [1.54, 1.807) is 23.3 Å². The molecule has 0 nitrogen and oxygen atoms in total. The summed E-state index contributed by atoms with van der Waals surface area (Å²) in [6.45, 7) is 6.79. The zero-order valence-corrected chi connectivity index (χ0v) is 27.5. The first kappa shape index (κ1) is 31.1. The van der Waals surface area contributed by atoms with Gasteiger partial charge in [-0.05, 0) is 23.3 Å². The Balaban J connectivity index is 0.000000192. The van der Waals surface area contributed by atoms with Gasteiger partial charge in [-0.15, -0.1) is 99.1 Å². The third kappa shape index (κ3) is 7.19. The molecule has 7 aromatic carbocycles. The Bertz CT molecular complexity index is 1760. The van der Waals surface area contributed by atoms with E-state index in [2.05, 4.69) is 147 Å². The topological polar surface area (TPSA) is 0 Å². The van der Waals surface area contributed by atoms with Crippen molar-refractivity contribution in [3.05, 3.63) is 133 Å². The Labute approximate surface area is 259 Å².